The van der Waals surface area contributed by atoms with Crippen molar-refractivity contribution in [3.8, 4) is 5.75 Å². The highest BCUT2D eigenvalue weighted by Gasteiger charge is 2.40. The second kappa shape index (κ2) is 3.77. The summed E-state index contributed by atoms with van der Waals surface area (Å²) in [4.78, 5) is 0. The molecule has 1 aliphatic carbocycles. The van der Waals surface area contributed by atoms with E-state index in [-0.39, 0.29) is 23.3 Å². The van der Waals surface area contributed by atoms with Gasteiger partial charge in [-0.1, -0.05) is 0 Å². The number of rotatable bonds is 3. The van der Waals surface area contributed by atoms with Gasteiger partial charge < -0.3 is 4.74 Å². The molecule has 0 aromatic heterocycles. The van der Waals surface area contributed by atoms with E-state index >= 15 is 0 Å². The van der Waals surface area contributed by atoms with Crippen LogP contribution in [-0.4, -0.2) is 12.6 Å². The van der Waals surface area contributed by atoms with Crippen LogP contribution in [0.4, 0.5) is 8.78 Å². The Labute approximate surface area is 87.0 Å². The Hall–Kier alpha value is -1.16. The van der Waals surface area contributed by atoms with Crippen LogP contribution < -0.4 is 10.5 Å². The van der Waals surface area contributed by atoms with E-state index in [0.717, 1.165) is 0 Å². The molecule has 1 aliphatic rings. The van der Waals surface area contributed by atoms with Gasteiger partial charge in [-0.3, -0.25) is 5.73 Å². The predicted molar refractivity (Wildman–Crippen MR) is 51.8 cm³/mol. The summed E-state index contributed by atoms with van der Waals surface area (Å²) in [5.41, 5.74) is 7.40. The third-order valence-corrected chi connectivity index (χ3v) is 2.55. The summed E-state index contributed by atoms with van der Waals surface area (Å²) in [6.45, 7) is 2.09. The lowest BCUT2D eigenvalue weighted by atomic mass is 10.1. The Morgan fingerprint density at radius 2 is 2.13 bits per heavy atom. The molecule has 0 saturated heterocycles. The molecule has 1 fully saturated rings. The fraction of sp³-hybridized carbons (Fsp3) is 0.455. The lowest BCUT2D eigenvalue weighted by Crippen LogP contribution is -2.02. The molecule has 0 amide bonds. The topological polar surface area (TPSA) is 33.0 Å². The van der Waals surface area contributed by atoms with Gasteiger partial charge in [0.25, 0.3) is 0 Å². The van der Waals surface area contributed by atoms with E-state index in [1.807, 2.05) is 0 Å². The first-order valence-electron chi connectivity index (χ1n) is 4.97. The number of benzene rings is 1. The fourth-order valence-corrected chi connectivity index (χ4v) is 1.67. The molecular formula is C11H12F2NO. The van der Waals surface area contributed by atoms with Gasteiger partial charge in [0.1, 0.15) is 5.82 Å². The Morgan fingerprint density at radius 1 is 1.47 bits per heavy atom. The maximum absolute atomic E-state index is 13.7. The molecule has 0 unspecified atom stereocenters. The first-order valence-corrected chi connectivity index (χ1v) is 4.97. The molecule has 81 valence electrons. The summed E-state index contributed by atoms with van der Waals surface area (Å²) in [5.74, 6) is -1.44. The van der Waals surface area contributed by atoms with E-state index in [1.54, 1.807) is 6.92 Å². The van der Waals surface area contributed by atoms with Gasteiger partial charge in [-0.25, -0.2) is 8.78 Å². The Morgan fingerprint density at radius 3 is 2.67 bits per heavy atom. The van der Waals surface area contributed by atoms with Gasteiger partial charge in [0.05, 0.1) is 6.61 Å². The average molecular weight is 212 g/mol. The molecule has 1 saturated carbocycles. The van der Waals surface area contributed by atoms with E-state index < -0.39 is 11.6 Å². The largest absolute Gasteiger partial charge is 0.491 e. The molecule has 2 rings (SSSR count). The van der Waals surface area contributed by atoms with E-state index in [9.17, 15) is 8.78 Å². The molecule has 0 spiro atoms. The summed E-state index contributed by atoms with van der Waals surface area (Å²) >= 11 is 0. The van der Waals surface area contributed by atoms with Crippen molar-refractivity contribution in [1.29, 1.82) is 0 Å². The van der Waals surface area contributed by atoms with E-state index in [4.69, 9.17) is 10.5 Å². The lowest BCUT2D eigenvalue weighted by molar-refractivity contribution is 0.318. The summed E-state index contributed by atoms with van der Waals surface area (Å²) < 4.78 is 32.1. The Balaban J connectivity index is 2.38. The van der Waals surface area contributed by atoms with Crippen molar-refractivity contribution in [2.75, 3.05) is 6.61 Å². The van der Waals surface area contributed by atoms with Crippen molar-refractivity contribution >= 4 is 0 Å². The highest BCUT2D eigenvalue weighted by Crippen LogP contribution is 2.44. The molecule has 1 radical (unpaired) electrons. The van der Waals surface area contributed by atoms with Crippen LogP contribution in [0.1, 0.15) is 24.8 Å². The summed E-state index contributed by atoms with van der Waals surface area (Å²) in [6.07, 6.45) is 0.531. The average Bonchev–Trinajstić information content (AvgIpc) is 2.88. The number of hydrogen-bond donors (Lipinski definition) is 0. The van der Waals surface area contributed by atoms with Gasteiger partial charge in [-0.05, 0) is 25.5 Å². The van der Waals surface area contributed by atoms with Crippen LogP contribution >= 0.6 is 0 Å². The number of nitrogens with one attached hydrogen (secondary N) is 1. The fourth-order valence-electron chi connectivity index (χ4n) is 1.67. The smallest absolute Gasteiger partial charge is 0.171 e. The van der Waals surface area contributed by atoms with Gasteiger partial charge in [-0.2, -0.15) is 0 Å². The summed E-state index contributed by atoms with van der Waals surface area (Å²) in [7, 11) is 0. The van der Waals surface area contributed by atoms with Crippen molar-refractivity contribution in [1.82, 2.24) is 5.73 Å². The van der Waals surface area contributed by atoms with Crippen LogP contribution in [-0.2, 0) is 0 Å². The normalized spacial score (nSPS) is 24.0. The Bertz CT molecular complexity index is 381. The standard InChI is InChI=1S/C11H12F2NO/c1-2-15-9-4-3-7(12)10(11(9)13)6-5-8(6)14/h3-4,6,8,14H,2,5H2,1H3/t6-,8+/m0/s1. The molecule has 0 bridgehead atoms. The molecule has 0 heterocycles. The minimum atomic E-state index is -0.642. The van der Waals surface area contributed by atoms with Crippen LogP contribution in [0, 0.1) is 11.6 Å². The number of hydrogen-bond acceptors (Lipinski definition) is 1. The van der Waals surface area contributed by atoms with Crippen LogP contribution in [0.25, 0.3) is 0 Å². The van der Waals surface area contributed by atoms with Crippen molar-refractivity contribution < 1.29 is 13.5 Å². The highest BCUT2D eigenvalue weighted by molar-refractivity contribution is 5.38. The highest BCUT2D eigenvalue weighted by atomic mass is 19.1. The monoisotopic (exact) mass is 212 g/mol. The third-order valence-electron chi connectivity index (χ3n) is 2.55. The zero-order chi connectivity index (χ0) is 11.0. The SMILES string of the molecule is CCOc1ccc(F)c([C@H]2C[C@H]2[NH])c1F. The van der Waals surface area contributed by atoms with Crippen molar-refractivity contribution in [3.05, 3.63) is 29.3 Å². The number of halogens is 2. The third kappa shape index (κ3) is 1.81. The maximum Gasteiger partial charge on any atom is 0.171 e. The van der Waals surface area contributed by atoms with Crippen molar-refractivity contribution in [3.63, 3.8) is 0 Å². The van der Waals surface area contributed by atoms with Crippen LogP contribution in [0.3, 0.4) is 0 Å². The second-order valence-corrected chi connectivity index (χ2v) is 3.65. The number of ether oxygens (including phenoxy) is 1. The van der Waals surface area contributed by atoms with Crippen LogP contribution in [0.5, 0.6) is 5.75 Å². The van der Waals surface area contributed by atoms with Gasteiger partial charge >= 0.3 is 0 Å². The molecule has 0 aliphatic heterocycles. The van der Waals surface area contributed by atoms with Gasteiger partial charge in [-0.15, -0.1) is 0 Å². The van der Waals surface area contributed by atoms with Crippen LogP contribution in [0.2, 0.25) is 0 Å². The molecule has 15 heavy (non-hydrogen) atoms. The van der Waals surface area contributed by atoms with Crippen molar-refractivity contribution in [2.24, 2.45) is 0 Å². The summed E-state index contributed by atoms with van der Waals surface area (Å²) in [5, 5.41) is 0. The van der Waals surface area contributed by atoms with Gasteiger partial charge in [0.15, 0.2) is 11.6 Å². The molecular weight excluding hydrogens is 200 g/mol. The minimum Gasteiger partial charge on any atom is -0.491 e. The molecule has 2 nitrogen and oxygen atoms in total. The van der Waals surface area contributed by atoms with Crippen molar-refractivity contribution in [2.45, 2.75) is 25.3 Å². The molecule has 2 atom stereocenters. The molecule has 1 aromatic carbocycles. The lowest BCUT2D eigenvalue weighted by Gasteiger charge is -2.09. The second-order valence-electron chi connectivity index (χ2n) is 3.65. The summed E-state index contributed by atoms with van der Waals surface area (Å²) in [6, 6.07) is 2.12. The van der Waals surface area contributed by atoms with E-state index in [0.29, 0.717) is 13.0 Å². The minimum absolute atomic E-state index is 0.0148. The van der Waals surface area contributed by atoms with Crippen LogP contribution in [0.15, 0.2) is 12.1 Å². The van der Waals surface area contributed by atoms with E-state index in [1.165, 1.54) is 12.1 Å². The molecule has 1 aromatic rings. The van der Waals surface area contributed by atoms with E-state index in [2.05, 4.69) is 0 Å². The zero-order valence-corrected chi connectivity index (χ0v) is 8.39. The molecule has 4 heteroatoms. The first kappa shape index (κ1) is 10.4. The van der Waals surface area contributed by atoms with Gasteiger partial charge in [0, 0.05) is 17.5 Å². The maximum atomic E-state index is 13.7. The molecule has 1 N–H and O–H groups in total. The Kier molecular flexibility index (Phi) is 2.61. The quantitative estimate of drug-likeness (QED) is 0.757. The van der Waals surface area contributed by atoms with Gasteiger partial charge in [0.2, 0.25) is 0 Å². The predicted octanol–water partition coefficient (Wildman–Crippen LogP) is 2.50. The zero-order valence-electron chi connectivity index (χ0n) is 8.39. The first-order chi connectivity index (χ1) is 7.15.